The summed E-state index contributed by atoms with van der Waals surface area (Å²) in [5.74, 6) is 0.971. The first-order valence-electron chi connectivity index (χ1n) is 8.88. The van der Waals surface area contributed by atoms with E-state index in [1.54, 1.807) is 17.7 Å². The summed E-state index contributed by atoms with van der Waals surface area (Å²) in [5.41, 5.74) is 2.51. The van der Waals surface area contributed by atoms with E-state index in [9.17, 15) is 4.39 Å². The Balaban J connectivity index is 1.73. The van der Waals surface area contributed by atoms with Gasteiger partial charge in [0.15, 0.2) is 11.6 Å². The highest BCUT2D eigenvalue weighted by Gasteiger charge is 2.27. The van der Waals surface area contributed by atoms with Crippen molar-refractivity contribution < 1.29 is 4.39 Å². The zero-order chi connectivity index (χ0) is 18.2. The smallest absolute Gasteiger partial charge is 0.181 e. The lowest BCUT2D eigenvalue weighted by atomic mass is 9.75. The molecule has 0 amide bonds. The van der Waals surface area contributed by atoms with E-state index in [1.807, 2.05) is 13.1 Å². The van der Waals surface area contributed by atoms with Crippen LogP contribution in [0.1, 0.15) is 50.9 Å². The average Bonchev–Trinajstić information content (AvgIpc) is 2.94. The summed E-state index contributed by atoms with van der Waals surface area (Å²) in [6.07, 6.45) is 4.70. The highest BCUT2D eigenvalue weighted by molar-refractivity contribution is 5.61. The first kappa shape index (κ1) is 17.6. The first-order chi connectivity index (χ1) is 11.7. The molecule has 5 heteroatoms. The maximum absolute atomic E-state index is 13.8. The molecule has 1 aliphatic rings. The monoisotopic (exact) mass is 342 g/mol. The van der Waals surface area contributed by atoms with Crippen molar-refractivity contribution in [3.05, 3.63) is 42.0 Å². The third-order valence-corrected chi connectivity index (χ3v) is 5.18. The second-order valence-corrected chi connectivity index (χ2v) is 7.91. The van der Waals surface area contributed by atoms with Crippen molar-refractivity contribution in [1.29, 1.82) is 0 Å². The summed E-state index contributed by atoms with van der Waals surface area (Å²) in [4.78, 5) is 4.57. The molecule has 0 aliphatic heterocycles. The third-order valence-electron chi connectivity index (χ3n) is 5.18. The molecule has 25 heavy (non-hydrogen) atoms. The average molecular weight is 342 g/mol. The van der Waals surface area contributed by atoms with Gasteiger partial charge in [-0.3, -0.25) is 0 Å². The predicted octanol–water partition coefficient (Wildman–Crippen LogP) is 4.46. The van der Waals surface area contributed by atoms with E-state index in [0.717, 1.165) is 18.5 Å². The van der Waals surface area contributed by atoms with Crippen molar-refractivity contribution in [3.8, 4) is 11.4 Å². The van der Waals surface area contributed by atoms with E-state index < -0.39 is 0 Å². The van der Waals surface area contributed by atoms with E-state index >= 15 is 0 Å². The molecule has 1 saturated carbocycles. The van der Waals surface area contributed by atoms with Crippen molar-refractivity contribution in [2.45, 2.75) is 52.5 Å². The van der Waals surface area contributed by atoms with Gasteiger partial charge >= 0.3 is 0 Å². The zero-order valence-electron chi connectivity index (χ0n) is 15.6. The molecule has 1 aliphatic carbocycles. The van der Waals surface area contributed by atoms with Gasteiger partial charge in [0.2, 0.25) is 0 Å². The maximum Gasteiger partial charge on any atom is 0.181 e. The van der Waals surface area contributed by atoms with Gasteiger partial charge in [0.05, 0.1) is 5.70 Å². The van der Waals surface area contributed by atoms with Crippen LogP contribution in [0.25, 0.3) is 17.1 Å². The summed E-state index contributed by atoms with van der Waals surface area (Å²) in [5, 5.41) is 7.93. The Bertz CT molecular complexity index is 781. The Kier molecular flexibility index (Phi) is 4.67. The molecule has 0 spiro atoms. The fourth-order valence-electron chi connectivity index (χ4n) is 3.36. The Labute approximate surface area is 149 Å². The van der Waals surface area contributed by atoms with Crippen molar-refractivity contribution in [3.63, 3.8) is 0 Å². The predicted molar refractivity (Wildman–Crippen MR) is 99.3 cm³/mol. The molecule has 3 rings (SSSR count). The summed E-state index contributed by atoms with van der Waals surface area (Å²) >= 11 is 0. The van der Waals surface area contributed by atoms with Gasteiger partial charge in [-0.25, -0.2) is 14.1 Å². The summed E-state index contributed by atoms with van der Waals surface area (Å²) in [6, 6.07) is 5.50. The molecular weight excluding hydrogens is 315 g/mol. The highest BCUT2D eigenvalue weighted by atomic mass is 19.1. The number of benzene rings is 1. The number of rotatable bonds is 4. The molecule has 1 heterocycles. The largest absolute Gasteiger partial charge is 0.380 e. The topological polar surface area (TPSA) is 42.7 Å². The van der Waals surface area contributed by atoms with Crippen LogP contribution in [0.3, 0.4) is 0 Å². The SMILES string of the molecule is C=C(NC1CCC(C)(C)CC1)c1nc(-c2ccc(C)c(F)c2)nn1C. The number of hydrogen-bond acceptors (Lipinski definition) is 3. The van der Waals surface area contributed by atoms with Crippen LogP contribution in [0, 0.1) is 18.2 Å². The van der Waals surface area contributed by atoms with Gasteiger partial charge in [0, 0.05) is 18.7 Å². The molecule has 1 aromatic carbocycles. The minimum absolute atomic E-state index is 0.242. The van der Waals surface area contributed by atoms with Crippen LogP contribution in [0.5, 0.6) is 0 Å². The van der Waals surface area contributed by atoms with Crippen LogP contribution in [-0.4, -0.2) is 20.8 Å². The lowest BCUT2D eigenvalue weighted by molar-refractivity contribution is 0.215. The van der Waals surface area contributed by atoms with Crippen LogP contribution in [0.4, 0.5) is 4.39 Å². The normalized spacial score (nSPS) is 17.5. The quantitative estimate of drug-likeness (QED) is 0.892. The van der Waals surface area contributed by atoms with Crippen molar-refractivity contribution in [2.24, 2.45) is 12.5 Å². The van der Waals surface area contributed by atoms with Gasteiger partial charge in [0.25, 0.3) is 0 Å². The lowest BCUT2D eigenvalue weighted by Crippen LogP contribution is -2.34. The van der Waals surface area contributed by atoms with E-state index in [1.165, 1.54) is 18.9 Å². The second-order valence-electron chi connectivity index (χ2n) is 7.91. The number of nitrogens with one attached hydrogen (secondary N) is 1. The number of nitrogens with zero attached hydrogens (tertiary/aromatic N) is 3. The van der Waals surface area contributed by atoms with E-state index in [2.05, 4.69) is 35.8 Å². The molecule has 1 aromatic heterocycles. The fourth-order valence-corrected chi connectivity index (χ4v) is 3.36. The molecule has 0 atom stereocenters. The molecule has 134 valence electrons. The van der Waals surface area contributed by atoms with E-state index in [4.69, 9.17) is 0 Å². The van der Waals surface area contributed by atoms with E-state index in [-0.39, 0.29) is 5.82 Å². The Morgan fingerprint density at radius 1 is 1.32 bits per heavy atom. The molecular formula is C20H27FN4. The van der Waals surface area contributed by atoms with Gasteiger partial charge in [-0.05, 0) is 49.7 Å². The van der Waals surface area contributed by atoms with Crippen LogP contribution in [0.15, 0.2) is 24.8 Å². The van der Waals surface area contributed by atoms with Crippen LogP contribution in [0.2, 0.25) is 0 Å². The second kappa shape index (κ2) is 6.62. The number of aryl methyl sites for hydroxylation is 2. The first-order valence-corrected chi connectivity index (χ1v) is 8.88. The molecule has 0 bridgehead atoms. The molecule has 4 nitrogen and oxygen atoms in total. The van der Waals surface area contributed by atoms with Gasteiger partial charge < -0.3 is 5.32 Å². The highest BCUT2D eigenvalue weighted by Crippen LogP contribution is 2.35. The molecule has 0 unspecified atom stereocenters. The standard InChI is InChI=1S/C20H27FN4/c1-13-6-7-15(12-17(13)21)18-23-19(25(5)24-18)14(2)22-16-8-10-20(3,4)11-9-16/h6-7,12,16,22H,2,8-11H2,1,3-5H3. The minimum Gasteiger partial charge on any atom is -0.380 e. The third kappa shape index (κ3) is 3.91. The van der Waals surface area contributed by atoms with Crippen molar-refractivity contribution >= 4 is 5.70 Å². The Morgan fingerprint density at radius 2 is 2.00 bits per heavy atom. The van der Waals surface area contributed by atoms with Crippen LogP contribution >= 0.6 is 0 Å². The Morgan fingerprint density at radius 3 is 2.64 bits per heavy atom. The fraction of sp³-hybridized carbons (Fsp3) is 0.500. The van der Waals surface area contributed by atoms with Crippen LogP contribution in [-0.2, 0) is 7.05 Å². The maximum atomic E-state index is 13.8. The number of aromatic nitrogens is 3. The summed E-state index contributed by atoms with van der Waals surface area (Å²) in [7, 11) is 1.84. The minimum atomic E-state index is -0.242. The molecule has 2 aromatic rings. The Hall–Kier alpha value is -2.17. The van der Waals surface area contributed by atoms with E-state index in [0.29, 0.717) is 34.2 Å². The zero-order valence-corrected chi connectivity index (χ0v) is 15.6. The van der Waals surface area contributed by atoms with Crippen LogP contribution < -0.4 is 5.32 Å². The van der Waals surface area contributed by atoms with Gasteiger partial charge in [-0.1, -0.05) is 32.6 Å². The van der Waals surface area contributed by atoms with Gasteiger partial charge in [-0.2, -0.15) is 5.10 Å². The lowest BCUT2D eigenvalue weighted by Gasteiger charge is -2.35. The van der Waals surface area contributed by atoms with Gasteiger partial charge in [0.1, 0.15) is 5.82 Å². The molecule has 1 N–H and O–H groups in total. The molecule has 0 radical (unpaired) electrons. The number of hydrogen-bond donors (Lipinski definition) is 1. The summed E-state index contributed by atoms with van der Waals surface area (Å²) in [6.45, 7) is 10.5. The van der Waals surface area contributed by atoms with Crippen molar-refractivity contribution in [1.82, 2.24) is 20.1 Å². The molecule has 0 saturated heterocycles. The number of halogens is 1. The van der Waals surface area contributed by atoms with Crippen molar-refractivity contribution in [2.75, 3.05) is 0 Å². The van der Waals surface area contributed by atoms with Gasteiger partial charge in [-0.15, -0.1) is 0 Å². The summed E-state index contributed by atoms with van der Waals surface area (Å²) < 4.78 is 15.5. The molecule has 1 fully saturated rings.